The number of hydrogen-bond donors (Lipinski definition) is 1. The van der Waals surface area contributed by atoms with E-state index in [1.807, 2.05) is 0 Å². The Kier molecular flexibility index (Phi) is 9.68. The van der Waals surface area contributed by atoms with Gasteiger partial charge >= 0.3 is 0 Å². The van der Waals surface area contributed by atoms with Crippen molar-refractivity contribution >= 4 is 0 Å². The summed E-state index contributed by atoms with van der Waals surface area (Å²) in [5, 5.41) is 8.99. The number of aliphatic hydroxyl groups is 1. The Balaban J connectivity index is 1.40. The van der Waals surface area contributed by atoms with E-state index in [4.69, 9.17) is 5.11 Å². The lowest BCUT2D eigenvalue weighted by atomic mass is 9.61. The third-order valence-corrected chi connectivity index (χ3v) is 9.50. The van der Waals surface area contributed by atoms with Gasteiger partial charge in [0.2, 0.25) is 0 Å². The molecule has 0 bridgehead atoms. The van der Waals surface area contributed by atoms with Gasteiger partial charge in [0.25, 0.3) is 0 Å². The van der Waals surface area contributed by atoms with Gasteiger partial charge in [-0.05, 0) is 99.2 Å². The van der Waals surface area contributed by atoms with Crippen LogP contribution >= 0.6 is 0 Å². The van der Waals surface area contributed by atoms with E-state index in [-0.39, 0.29) is 0 Å². The molecule has 164 valence electrons. The molecule has 3 rings (SSSR count). The fraction of sp³-hybridized carbons (Fsp3) is 1.00. The first-order valence-electron chi connectivity index (χ1n) is 13.4. The van der Waals surface area contributed by atoms with Crippen LogP contribution in [0.15, 0.2) is 0 Å². The largest absolute Gasteiger partial charge is 0.396 e. The minimum absolute atomic E-state index is 0.382. The van der Waals surface area contributed by atoms with Crippen LogP contribution in [0.25, 0.3) is 0 Å². The van der Waals surface area contributed by atoms with E-state index in [0.717, 1.165) is 47.8 Å². The summed E-state index contributed by atoms with van der Waals surface area (Å²) in [6.07, 6.45) is 24.8. The summed E-state index contributed by atoms with van der Waals surface area (Å²) < 4.78 is 0. The molecule has 0 radical (unpaired) electrons. The molecule has 0 spiro atoms. The van der Waals surface area contributed by atoms with E-state index in [2.05, 4.69) is 13.8 Å². The molecule has 1 nitrogen and oxygen atoms in total. The van der Waals surface area contributed by atoms with E-state index in [1.54, 1.807) is 38.5 Å². The van der Waals surface area contributed by atoms with Crippen LogP contribution in [0.5, 0.6) is 0 Å². The molecule has 3 aliphatic carbocycles. The molecule has 0 aromatic heterocycles. The second-order valence-electron chi connectivity index (χ2n) is 10.9. The van der Waals surface area contributed by atoms with Gasteiger partial charge in [0.1, 0.15) is 0 Å². The van der Waals surface area contributed by atoms with Gasteiger partial charge in [-0.2, -0.15) is 0 Å². The molecule has 3 atom stereocenters. The number of rotatable bonds is 9. The normalized spacial score (nSPS) is 39.8. The summed E-state index contributed by atoms with van der Waals surface area (Å²) in [6.45, 7) is 5.24. The molecule has 3 fully saturated rings. The van der Waals surface area contributed by atoms with Crippen molar-refractivity contribution < 1.29 is 5.11 Å². The molecular weight excluding hydrogens is 340 g/mol. The van der Waals surface area contributed by atoms with Crippen LogP contribution in [-0.4, -0.2) is 11.7 Å². The smallest absolute Gasteiger partial charge is 0.0431 e. The lowest BCUT2D eigenvalue weighted by molar-refractivity contribution is 0.0644. The second-order valence-corrected chi connectivity index (χ2v) is 10.9. The van der Waals surface area contributed by atoms with Crippen LogP contribution in [0, 0.1) is 41.4 Å². The van der Waals surface area contributed by atoms with Crippen molar-refractivity contribution in [2.45, 2.75) is 123 Å². The van der Waals surface area contributed by atoms with Crippen molar-refractivity contribution in [1.29, 1.82) is 0 Å². The van der Waals surface area contributed by atoms with Crippen molar-refractivity contribution in [3.63, 3.8) is 0 Å². The first-order chi connectivity index (χ1) is 13.7. The summed E-state index contributed by atoms with van der Waals surface area (Å²) in [5.74, 6) is 7.33. The van der Waals surface area contributed by atoms with Gasteiger partial charge in [-0.3, -0.25) is 0 Å². The topological polar surface area (TPSA) is 20.2 Å². The Morgan fingerprint density at radius 3 is 1.82 bits per heavy atom. The van der Waals surface area contributed by atoms with Crippen molar-refractivity contribution in [2.75, 3.05) is 6.61 Å². The Hall–Kier alpha value is -0.0400. The average molecular weight is 391 g/mol. The summed E-state index contributed by atoms with van der Waals surface area (Å²) in [6, 6.07) is 0. The van der Waals surface area contributed by atoms with E-state index >= 15 is 0 Å². The number of unbranched alkanes of at least 4 members (excludes halogenated alkanes) is 2. The SMILES string of the molecule is CCC1CCC(C2CCC(C3CCC(CCCCCO)CC3CC)CC2)CC1. The zero-order chi connectivity index (χ0) is 19.8. The Labute approximate surface area is 176 Å². The first kappa shape index (κ1) is 22.6. The van der Waals surface area contributed by atoms with Gasteiger partial charge in [-0.1, -0.05) is 65.2 Å². The number of aliphatic hydroxyl groups excluding tert-OH is 1. The molecule has 0 amide bonds. The summed E-state index contributed by atoms with van der Waals surface area (Å²) in [5.41, 5.74) is 0. The first-order valence-corrected chi connectivity index (χ1v) is 13.4. The standard InChI is InChI=1S/C27H50O/c1-3-21-9-12-24(13-10-21)25-14-16-26(17-15-25)27-18-11-22(20-23(27)4-2)8-6-5-7-19-28/h21-28H,3-20H2,1-2H3. The Bertz CT molecular complexity index is 402. The molecule has 3 saturated carbocycles. The fourth-order valence-corrected chi connectivity index (χ4v) is 7.57. The molecule has 28 heavy (non-hydrogen) atoms. The van der Waals surface area contributed by atoms with Crippen molar-refractivity contribution in [3.05, 3.63) is 0 Å². The highest BCUT2D eigenvalue weighted by Crippen LogP contribution is 2.49. The lowest BCUT2D eigenvalue weighted by Gasteiger charge is -2.44. The molecule has 0 aliphatic heterocycles. The number of hydrogen-bond acceptors (Lipinski definition) is 1. The van der Waals surface area contributed by atoms with Crippen molar-refractivity contribution in [1.82, 2.24) is 0 Å². The maximum atomic E-state index is 8.99. The molecule has 0 saturated heterocycles. The quantitative estimate of drug-likeness (QED) is 0.395. The monoisotopic (exact) mass is 390 g/mol. The third kappa shape index (κ3) is 6.23. The van der Waals surface area contributed by atoms with Crippen molar-refractivity contribution in [2.24, 2.45) is 41.4 Å². The minimum Gasteiger partial charge on any atom is -0.396 e. The van der Waals surface area contributed by atoms with Crippen LogP contribution in [0.3, 0.4) is 0 Å². The lowest BCUT2D eigenvalue weighted by Crippen LogP contribution is -2.34. The van der Waals surface area contributed by atoms with E-state index in [0.29, 0.717) is 6.61 Å². The predicted molar refractivity (Wildman–Crippen MR) is 121 cm³/mol. The molecule has 3 aliphatic rings. The highest BCUT2D eigenvalue weighted by molar-refractivity contribution is 4.88. The summed E-state index contributed by atoms with van der Waals surface area (Å²) in [4.78, 5) is 0. The van der Waals surface area contributed by atoms with Gasteiger partial charge in [0, 0.05) is 6.61 Å². The molecule has 0 heterocycles. The zero-order valence-electron chi connectivity index (χ0n) is 19.2. The van der Waals surface area contributed by atoms with Crippen molar-refractivity contribution in [3.8, 4) is 0 Å². The van der Waals surface area contributed by atoms with Crippen LogP contribution in [0.4, 0.5) is 0 Å². The van der Waals surface area contributed by atoms with Gasteiger partial charge < -0.3 is 5.11 Å². The minimum atomic E-state index is 0.382. The fourth-order valence-electron chi connectivity index (χ4n) is 7.57. The Morgan fingerprint density at radius 1 is 0.607 bits per heavy atom. The van der Waals surface area contributed by atoms with Crippen LogP contribution in [0.2, 0.25) is 0 Å². The van der Waals surface area contributed by atoms with Crippen LogP contribution < -0.4 is 0 Å². The molecule has 0 aromatic rings. The summed E-state index contributed by atoms with van der Waals surface area (Å²) in [7, 11) is 0. The highest BCUT2D eigenvalue weighted by Gasteiger charge is 2.37. The highest BCUT2D eigenvalue weighted by atomic mass is 16.2. The molecular formula is C27H50O. The molecule has 0 aromatic carbocycles. The molecule has 3 unspecified atom stereocenters. The average Bonchev–Trinajstić information content (AvgIpc) is 2.77. The van der Waals surface area contributed by atoms with Gasteiger partial charge in [-0.15, -0.1) is 0 Å². The zero-order valence-corrected chi connectivity index (χ0v) is 19.2. The molecule has 1 N–H and O–H groups in total. The van der Waals surface area contributed by atoms with Crippen LogP contribution in [0.1, 0.15) is 123 Å². The predicted octanol–water partition coefficient (Wildman–Crippen LogP) is 8.00. The van der Waals surface area contributed by atoms with Gasteiger partial charge in [0.15, 0.2) is 0 Å². The van der Waals surface area contributed by atoms with E-state index < -0.39 is 0 Å². The second kappa shape index (κ2) is 12.0. The van der Waals surface area contributed by atoms with E-state index in [9.17, 15) is 0 Å². The van der Waals surface area contributed by atoms with Gasteiger partial charge in [0.05, 0.1) is 0 Å². The van der Waals surface area contributed by atoms with Crippen LogP contribution in [-0.2, 0) is 0 Å². The third-order valence-electron chi connectivity index (χ3n) is 9.50. The maximum absolute atomic E-state index is 8.99. The van der Waals surface area contributed by atoms with E-state index in [1.165, 1.54) is 64.2 Å². The summed E-state index contributed by atoms with van der Waals surface area (Å²) >= 11 is 0. The Morgan fingerprint density at radius 2 is 1.21 bits per heavy atom. The maximum Gasteiger partial charge on any atom is 0.0431 e. The van der Waals surface area contributed by atoms with Gasteiger partial charge in [-0.25, -0.2) is 0 Å². The molecule has 1 heteroatoms.